The zero-order valence-electron chi connectivity index (χ0n) is 16.4. The molecule has 2 aromatic carbocycles. The van der Waals surface area contributed by atoms with Gasteiger partial charge in [0, 0.05) is 18.7 Å². The Balaban J connectivity index is 1.79. The Bertz CT molecular complexity index is 1050. The number of hydrogen-bond donors (Lipinski definition) is 0. The topological polar surface area (TPSA) is 64.8 Å². The van der Waals surface area contributed by atoms with Crippen LogP contribution in [0.25, 0.3) is 11.0 Å². The summed E-state index contributed by atoms with van der Waals surface area (Å²) in [5.74, 6) is 0.814. The molecule has 6 nitrogen and oxygen atoms in total. The van der Waals surface area contributed by atoms with Gasteiger partial charge in [-0.3, -0.25) is 4.79 Å². The van der Waals surface area contributed by atoms with E-state index in [4.69, 9.17) is 13.9 Å². The van der Waals surface area contributed by atoms with Crippen molar-refractivity contribution in [1.82, 2.24) is 4.98 Å². The number of aromatic nitrogens is 1. The molecule has 0 spiro atoms. The molecule has 1 atom stereocenters. The molecular formula is C22H24N2O4. The van der Waals surface area contributed by atoms with Gasteiger partial charge in [-0.25, -0.2) is 0 Å². The maximum atomic E-state index is 12.7. The Labute approximate surface area is 163 Å². The van der Waals surface area contributed by atoms with E-state index >= 15 is 0 Å². The lowest BCUT2D eigenvalue weighted by molar-refractivity contribution is 0.120. The van der Waals surface area contributed by atoms with Crippen molar-refractivity contribution in [2.24, 2.45) is 0 Å². The molecule has 6 heteroatoms. The summed E-state index contributed by atoms with van der Waals surface area (Å²) >= 11 is 0. The predicted octanol–water partition coefficient (Wildman–Crippen LogP) is 3.78. The van der Waals surface area contributed by atoms with Crippen molar-refractivity contribution in [2.75, 3.05) is 31.2 Å². The predicted molar refractivity (Wildman–Crippen MR) is 108 cm³/mol. The SMILES string of the molecule is Cc1cc(C(C)Oc2ccccc2C)c2oc(N3CCOCC3)nc(=O)c2c1. The van der Waals surface area contributed by atoms with Gasteiger partial charge in [-0.1, -0.05) is 18.2 Å². The minimum atomic E-state index is -0.286. The van der Waals surface area contributed by atoms with Crippen LogP contribution < -0.4 is 15.2 Å². The maximum absolute atomic E-state index is 12.7. The Kier molecular flexibility index (Phi) is 5.05. The number of anilines is 1. The van der Waals surface area contributed by atoms with Crippen LogP contribution in [0.1, 0.15) is 29.7 Å². The molecule has 0 radical (unpaired) electrons. The van der Waals surface area contributed by atoms with Crippen molar-refractivity contribution in [2.45, 2.75) is 26.9 Å². The highest BCUT2D eigenvalue weighted by Gasteiger charge is 2.21. The van der Waals surface area contributed by atoms with Crippen molar-refractivity contribution in [3.63, 3.8) is 0 Å². The number of nitrogens with zero attached hydrogens (tertiary/aromatic N) is 2. The highest BCUT2D eigenvalue weighted by atomic mass is 16.5. The molecule has 1 aliphatic rings. The van der Waals surface area contributed by atoms with E-state index in [0.29, 0.717) is 43.3 Å². The van der Waals surface area contributed by atoms with Gasteiger partial charge in [-0.05, 0) is 50.1 Å². The van der Waals surface area contributed by atoms with Gasteiger partial charge in [0.05, 0.1) is 18.6 Å². The van der Waals surface area contributed by atoms with Gasteiger partial charge < -0.3 is 18.8 Å². The van der Waals surface area contributed by atoms with E-state index in [1.807, 2.05) is 62.1 Å². The summed E-state index contributed by atoms with van der Waals surface area (Å²) in [5.41, 5.74) is 3.12. The van der Waals surface area contributed by atoms with Gasteiger partial charge in [-0.15, -0.1) is 0 Å². The van der Waals surface area contributed by atoms with E-state index in [9.17, 15) is 4.79 Å². The number of hydrogen-bond acceptors (Lipinski definition) is 6. The van der Waals surface area contributed by atoms with E-state index in [0.717, 1.165) is 22.4 Å². The molecule has 4 rings (SSSR count). The van der Waals surface area contributed by atoms with Gasteiger partial charge in [-0.2, -0.15) is 4.98 Å². The summed E-state index contributed by atoms with van der Waals surface area (Å²) in [6.45, 7) is 8.43. The summed E-state index contributed by atoms with van der Waals surface area (Å²) in [7, 11) is 0. The largest absolute Gasteiger partial charge is 0.486 e. The standard InChI is InChI=1S/C22H24N2O4/c1-14-12-17(16(3)27-19-7-5-4-6-15(19)2)20-18(13-14)21(25)23-22(28-20)24-8-10-26-11-9-24/h4-7,12-13,16H,8-11H2,1-3H3. The monoisotopic (exact) mass is 380 g/mol. The number of rotatable bonds is 4. The van der Waals surface area contributed by atoms with Crippen molar-refractivity contribution in [3.05, 3.63) is 63.4 Å². The molecule has 0 bridgehead atoms. The van der Waals surface area contributed by atoms with E-state index in [1.165, 1.54) is 0 Å². The van der Waals surface area contributed by atoms with Crippen molar-refractivity contribution < 1.29 is 13.9 Å². The number of benzene rings is 2. The van der Waals surface area contributed by atoms with Gasteiger partial charge in [0.15, 0.2) is 5.58 Å². The number of morpholine rings is 1. The van der Waals surface area contributed by atoms with Crippen LogP contribution in [0.15, 0.2) is 45.6 Å². The van der Waals surface area contributed by atoms with Crippen LogP contribution in [0.2, 0.25) is 0 Å². The third-order valence-electron chi connectivity index (χ3n) is 5.00. The van der Waals surface area contributed by atoms with E-state index in [-0.39, 0.29) is 11.7 Å². The lowest BCUT2D eigenvalue weighted by Gasteiger charge is -2.26. The third-order valence-corrected chi connectivity index (χ3v) is 5.00. The third kappa shape index (κ3) is 3.60. The fourth-order valence-electron chi connectivity index (χ4n) is 3.47. The molecule has 1 unspecified atom stereocenters. The molecule has 0 N–H and O–H groups in total. The van der Waals surface area contributed by atoms with Crippen LogP contribution in [0.4, 0.5) is 6.01 Å². The zero-order valence-corrected chi connectivity index (χ0v) is 16.4. The zero-order chi connectivity index (χ0) is 19.7. The molecule has 1 saturated heterocycles. The maximum Gasteiger partial charge on any atom is 0.301 e. The molecule has 28 heavy (non-hydrogen) atoms. The van der Waals surface area contributed by atoms with E-state index in [2.05, 4.69) is 4.98 Å². The minimum Gasteiger partial charge on any atom is -0.486 e. The first-order valence-corrected chi connectivity index (χ1v) is 9.53. The van der Waals surface area contributed by atoms with Crippen LogP contribution in [0, 0.1) is 13.8 Å². The number of fused-ring (bicyclic) bond motifs is 1. The first-order valence-electron chi connectivity index (χ1n) is 9.53. The fraction of sp³-hybridized carbons (Fsp3) is 0.364. The lowest BCUT2D eigenvalue weighted by atomic mass is 10.0. The smallest absolute Gasteiger partial charge is 0.301 e. The van der Waals surface area contributed by atoms with Gasteiger partial charge in [0.2, 0.25) is 0 Å². The average molecular weight is 380 g/mol. The van der Waals surface area contributed by atoms with Gasteiger partial charge in [0.25, 0.3) is 5.56 Å². The molecule has 1 aromatic heterocycles. The highest BCUT2D eigenvalue weighted by molar-refractivity contribution is 5.81. The van der Waals surface area contributed by atoms with Crippen LogP contribution in [-0.2, 0) is 4.74 Å². The molecule has 3 aromatic rings. The summed E-state index contributed by atoms with van der Waals surface area (Å²) in [6, 6.07) is 12.1. The lowest BCUT2D eigenvalue weighted by Crippen LogP contribution is -2.37. The second-order valence-corrected chi connectivity index (χ2v) is 7.16. The molecule has 0 saturated carbocycles. The summed E-state index contributed by atoms with van der Waals surface area (Å²) in [4.78, 5) is 18.8. The molecule has 0 aliphatic carbocycles. The summed E-state index contributed by atoms with van der Waals surface area (Å²) in [6.07, 6.45) is -0.286. The van der Waals surface area contributed by atoms with Crippen LogP contribution in [-0.4, -0.2) is 31.3 Å². The van der Waals surface area contributed by atoms with E-state index < -0.39 is 0 Å². The highest BCUT2D eigenvalue weighted by Crippen LogP contribution is 2.31. The fourth-order valence-corrected chi connectivity index (χ4v) is 3.47. The Morgan fingerprint density at radius 2 is 1.89 bits per heavy atom. The molecule has 2 heterocycles. The quantitative estimate of drug-likeness (QED) is 0.686. The minimum absolute atomic E-state index is 0.282. The van der Waals surface area contributed by atoms with Gasteiger partial charge in [0.1, 0.15) is 11.9 Å². The Morgan fingerprint density at radius 3 is 2.64 bits per heavy atom. The summed E-state index contributed by atoms with van der Waals surface area (Å²) < 4.78 is 17.7. The second kappa shape index (κ2) is 7.64. The number of ether oxygens (including phenoxy) is 2. The Morgan fingerprint density at radius 1 is 1.14 bits per heavy atom. The van der Waals surface area contributed by atoms with Crippen LogP contribution in [0.5, 0.6) is 5.75 Å². The molecule has 1 fully saturated rings. The first-order chi connectivity index (χ1) is 13.5. The number of para-hydroxylation sites is 1. The van der Waals surface area contributed by atoms with Crippen LogP contribution >= 0.6 is 0 Å². The van der Waals surface area contributed by atoms with Crippen molar-refractivity contribution in [1.29, 1.82) is 0 Å². The average Bonchev–Trinajstić information content (AvgIpc) is 2.70. The number of aryl methyl sites for hydroxylation is 2. The first kappa shape index (κ1) is 18.5. The van der Waals surface area contributed by atoms with Crippen molar-refractivity contribution >= 4 is 17.0 Å². The normalized spacial score (nSPS) is 15.6. The molecule has 0 amide bonds. The van der Waals surface area contributed by atoms with Gasteiger partial charge >= 0.3 is 6.01 Å². The van der Waals surface area contributed by atoms with E-state index in [1.54, 1.807) is 0 Å². The summed E-state index contributed by atoms with van der Waals surface area (Å²) in [5, 5.41) is 0.479. The second-order valence-electron chi connectivity index (χ2n) is 7.16. The molecule has 1 aliphatic heterocycles. The van der Waals surface area contributed by atoms with Crippen LogP contribution in [0.3, 0.4) is 0 Å². The van der Waals surface area contributed by atoms with Crippen molar-refractivity contribution in [3.8, 4) is 5.75 Å². The molecular weight excluding hydrogens is 356 g/mol. The Hall–Kier alpha value is -2.86. The molecule has 146 valence electrons.